The van der Waals surface area contributed by atoms with Crippen LogP contribution in [0.4, 0.5) is 0 Å². The number of fused-ring (bicyclic) bond motifs is 1. The van der Waals surface area contributed by atoms with Gasteiger partial charge in [-0.2, -0.15) is 0 Å². The topological polar surface area (TPSA) is 63.6 Å². The second-order valence-electron chi connectivity index (χ2n) is 4.94. The fourth-order valence-electron chi connectivity index (χ4n) is 2.82. The van der Waals surface area contributed by atoms with E-state index in [-0.39, 0.29) is 5.92 Å². The summed E-state index contributed by atoms with van der Waals surface area (Å²) in [6.45, 7) is 0. The predicted molar refractivity (Wildman–Crippen MR) is 69.9 cm³/mol. The fourth-order valence-corrected chi connectivity index (χ4v) is 2.82. The maximum Gasteiger partial charge on any atom is 0.320 e. The maximum absolute atomic E-state index is 11.5. The Morgan fingerprint density at radius 3 is 2.84 bits per heavy atom. The zero-order chi connectivity index (χ0) is 13.8. The van der Waals surface area contributed by atoms with E-state index in [1.165, 1.54) is 18.2 Å². The number of hydrogen-bond donors (Lipinski definition) is 1. The lowest BCUT2D eigenvalue weighted by atomic mass is 9.78. The standard InChI is InChI=1S/C15H18O4/c1-19-15(18)13(14(16)17)9-11-7-4-6-10-5-2-3-8-12(10)11/h2-3,5,8,11,13H,4,6-7,9H2,1H3,(H,16,17). The Morgan fingerprint density at radius 1 is 1.42 bits per heavy atom. The van der Waals surface area contributed by atoms with Gasteiger partial charge in [0.2, 0.25) is 0 Å². The van der Waals surface area contributed by atoms with Crippen molar-refractivity contribution in [2.45, 2.75) is 31.6 Å². The second-order valence-corrected chi connectivity index (χ2v) is 4.94. The molecule has 4 nitrogen and oxygen atoms in total. The molecule has 1 aromatic rings. The first kappa shape index (κ1) is 13.6. The zero-order valence-corrected chi connectivity index (χ0v) is 11.0. The highest BCUT2D eigenvalue weighted by Gasteiger charge is 2.32. The molecular formula is C15H18O4. The van der Waals surface area contributed by atoms with Crippen LogP contribution in [0, 0.1) is 5.92 Å². The second kappa shape index (κ2) is 5.87. The quantitative estimate of drug-likeness (QED) is 0.668. The number of carboxylic acid groups (broad SMARTS) is 1. The smallest absolute Gasteiger partial charge is 0.320 e. The van der Waals surface area contributed by atoms with Crippen molar-refractivity contribution < 1.29 is 19.4 Å². The van der Waals surface area contributed by atoms with Gasteiger partial charge in [-0.25, -0.2) is 0 Å². The minimum Gasteiger partial charge on any atom is -0.481 e. The van der Waals surface area contributed by atoms with E-state index < -0.39 is 17.9 Å². The molecule has 102 valence electrons. The van der Waals surface area contributed by atoms with Gasteiger partial charge in [0.05, 0.1) is 7.11 Å². The highest BCUT2D eigenvalue weighted by atomic mass is 16.5. The molecule has 0 bridgehead atoms. The largest absolute Gasteiger partial charge is 0.481 e. The van der Waals surface area contributed by atoms with E-state index in [4.69, 9.17) is 5.11 Å². The average molecular weight is 262 g/mol. The van der Waals surface area contributed by atoms with Gasteiger partial charge in [-0.05, 0) is 42.7 Å². The van der Waals surface area contributed by atoms with Crippen molar-refractivity contribution in [3.63, 3.8) is 0 Å². The van der Waals surface area contributed by atoms with E-state index >= 15 is 0 Å². The Balaban J connectivity index is 2.19. The van der Waals surface area contributed by atoms with Gasteiger partial charge in [-0.15, -0.1) is 0 Å². The highest BCUT2D eigenvalue weighted by Crippen LogP contribution is 2.36. The van der Waals surface area contributed by atoms with Crippen molar-refractivity contribution in [2.24, 2.45) is 5.92 Å². The third-order valence-electron chi connectivity index (χ3n) is 3.80. The molecule has 2 rings (SSSR count). The molecule has 1 aliphatic carbocycles. The maximum atomic E-state index is 11.5. The van der Waals surface area contributed by atoms with Gasteiger partial charge in [0.15, 0.2) is 5.92 Å². The normalized spacial score (nSPS) is 19.3. The Bertz CT molecular complexity index is 481. The van der Waals surface area contributed by atoms with E-state index in [1.807, 2.05) is 18.2 Å². The summed E-state index contributed by atoms with van der Waals surface area (Å²) >= 11 is 0. The minimum absolute atomic E-state index is 0.130. The Kier molecular flexibility index (Phi) is 4.20. The summed E-state index contributed by atoms with van der Waals surface area (Å²) in [7, 11) is 1.23. The fraction of sp³-hybridized carbons (Fsp3) is 0.467. The van der Waals surface area contributed by atoms with E-state index in [0.29, 0.717) is 6.42 Å². The molecule has 0 aromatic heterocycles. The van der Waals surface area contributed by atoms with Crippen LogP contribution in [0.1, 0.15) is 36.3 Å². The molecule has 1 aromatic carbocycles. The van der Waals surface area contributed by atoms with Gasteiger partial charge >= 0.3 is 11.9 Å². The van der Waals surface area contributed by atoms with Crippen molar-refractivity contribution in [1.29, 1.82) is 0 Å². The molecule has 0 aliphatic heterocycles. The first-order valence-corrected chi connectivity index (χ1v) is 6.52. The molecule has 2 atom stereocenters. The number of carbonyl (C=O) groups excluding carboxylic acids is 1. The van der Waals surface area contributed by atoms with Crippen molar-refractivity contribution in [2.75, 3.05) is 7.11 Å². The number of methoxy groups -OCH3 is 1. The summed E-state index contributed by atoms with van der Waals surface area (Å²) in [6, 6.07) is 8.08. The molecule has 4 heteroatoms. The predicted octanol–water partition coefficient (Wildman–Crippen LogP) is 2.37. The van der Waals surface area contributed by atoms with Crippen molar-refractivity contribution in [3.05, 3.63) is 35.4 Å². The number of ether oxygens (including phenoxy) is 1. The van der Waals surface area contributed by atoms with Crippen LogP contribution in [-0.4, -0.2) is 24.2 Å². The lowest BCUT2D eigenvalue weighted by molar-refractivity contribution is -0.157. The molecule has 1 N–H and O–H groups in total. The summed E-state index contributed by atoms with van der Waals surface area (Å²) in [5.74, 6) is -2.70. The molecule has 1 aliphatic rings. The molecule has 0 amide bonds. The lowest BCUT2D eigenvalue weighted by Crippen LogP contribution is -2.28. The molecular weight excluding hydrogens is 244 g/mol. The van der Waals surface area contributed by atoms with E-state index in [0.717, 1.165) is 19.3 Å². The van der Waals surface area contributed by atoms with E-state index in [9.17, 15) is 9.59 Å². The van der Waals surface area contributed by atoms with Crippen LogP contribution in [0.2, 0.25) is 0 Å². The van der Waals surface area contributed by atoms with Crippen LogP contribution >= 0.6 is 0 Å². The number of hydrogen-bond acceptors (Lipinski definition) is 3. The number of carboxylic acids is 1. The SMILES string of the molecule is COC(=O)C(CC1CCCc2ccccc21)C(=O)O. The van der Waals surface area contributed by atoms with Crippen molar-refractivity contribution >= 4 is 11.9 Å². The number of aliphatic carboxylic acids is 1. The Morgan fingerprint density at radius 2 is 2.16 bits per heavy atom. The van der Waals surface area contributed by atoms with Crippen LogP contribution in [0.15, 0.2) is 24.3 Å². The molecule has 0 saturated carbocycles. The first-order chi connectivity index (χ1) is 9.13. The van der Waals surface area contributed by atoms with Crippen LogP contribution in [-0.2, 0) is 20.7 Å². The molecule has 0 radical (unpaired) electrons. The summed E-state index contributed by atoms with van der Waals surface area (Å²) in [4.78, 5) is 22.7. The van der Waals surface area contributed by atoms with Gasteiger partial charge in [-0.3, -0.25) is 9.59 Å². The number of rotatable bonds is 4. The van der Waals surface area contributed by atoms with Crippen molar-refractivity contribution in [1.82, 2.24) is 0 Å². The lowest BCUT2D eigenvalue weighted by Gasteiger charge is -2.26. The molecule has 2 unspecified atom stereocenters. The molecule has 19 heavy (non-hydrogen) atoms. The molecule has 0 fully saturated rings. The molecule has 0 saturated heterocycles. The van der Waals surface area contributed by atoms with Gasteiger partial charge in [-0.1, -0.05) is 24.3 Å². The summed E-state index contributed by atoms with van der Waals surface area (Å²) < 4.78 is 4.58. The van der Waals surface area contributed by atoms with Crippen LogP contribution < -0.4 is 0 Å². The molecule has 0 heterocycles. The zero-order valence-electron chi connectivity index (χ0n) is 11.0. The third kappa shape index (κ3) is 2.95. The summed E-state index contributed by atoms with van der Waals surface area (Å²) in [5, 5.41) is 9.15. The number of benzene rings is 1. The Hall–Kier alpha value is -1.84. The van der Waals surface area contributed by atoms with E-state index in [1.54, 1.807) is 0 Å². The van der Waals surface area contributed by atoms with E-state index in [2.05, 4.69) is 10.8 Å². The summed E-state index contributed by atoms with van der Waals surface area (Å²) in [6.07, 6.45) is 3.31. The average Bonchev–Trinajstić information content (AvgIpc) is 2.43. The monoisotopic (exact) mass is 262 g/mol. The van der Waals surface area contributed by atoms with Gasteiger partial charge in [0.25, 0.3) is 0 Å². The van der Waals surface area contributed by atoms with Gasteiger partial charge < -0.3 is 9.84 Å². The third-order valence-corrected chi connectivity index (χ3v) is 3.80. The van der Waals surface area contributed by atoms with Gasteiger partial charge in [0, 0.05) is 0 Å². The minimum atomic E-state index is -1.10. The van der Waals surface area contributed by atoms with Crippen LogP contribution in [0.25, 0.3) is 0 Å². The van der Waals surface area contributed by atoms with Crippen LogP contribution in [0.5, 0.6) is 0 Å². The van der Waals surface area contributed by atoms with Gasteiger partial charge in [0.1, 0.15) is 0 Å². The highest BCUT2D eigenvalue weighted by molar-refractivity contribution is 5.93. The number of carbonyl (C=O) groups is 2. The Labute approximate surface area is 112 Å². The van der Waals surface area contributed by atoms with Crippen molar-refractivity contribution in [3.8, 4) is 0 Å². The summed E-state index contributed by atoms with van der Waals surface area (Å²) in [5.41, 5.74) is 2.46. The first-order valence-electron chi connectivity index (χ1n) is 6.52. The molecule has 0 spiro atoms. The number of aryl methyl sites for hydroxylation is 1. The number of esters is 1. The van der Waals surface area contributed by atoms with Crippen LogP contribution in [0.3, 0.4) is 0 Å².